The molecule has 1 amide bonds. The molecular weight excluding hydrogens is 407 g/mol. The van der Waals surface area contributed by atoms with Crippen LogP contribution < -0.4 is 10.0 Å². The van der Waals surface area contributed by atoms with Gasteiger partial charge >= 0.3 is 0 Å². The maximum Gasteiger partial charge on any atom is 0.244 e. The van der Waals surface area contributed by atoms with E-state index in [1.54, 1.807) is 6.07 Å². The number of rotatable bonds is 6. The van der Waals surface area contributed by atoms with Crippen LogP contribution in [0.3, 0.4) is 0 Å². The van der Waals surface area contributed by atoms with E-state index in [-0.39, 0.29) is 0 Å². The number of hydrogen-bond donors (Lipinski definition) is 2. The fraction of sp³-hybridized carbons (Fsp3) is 0.278. The number of carbonyl (C=O) groups excluding carboxylic acids is 1. The van der Waals surface area contributed by atoms with E-state index in [4.69, 9.17) is 0 Å². The van der Waals surface area contributed by atoms with Crippen molar-refractivity contribution < 1.29 is 17.6 Å². The largest absolute Gasteiger partial charge is 0.325 e. The van der Waals surface area contributed by atoms with E-state index in [1.807, 2.05) is 41.7 Å². The van der Waals surface area contributed by atoms with Gasteiger partial charge in [0, 0.05) is 17.2 Å². The van der Waals surface area contributed by atoms with Crippen LogP contribution in [0, 0.1) is 5.82 Å². The lowest BCUT2D eigenvalue weighted by molar-refractivity contribution is -0.117. The number of carbonyl (C=O) groups is 1. The first-order valence-electron chi connectivity index (χ1n) is 8.28. The maximum atomic E-state index is 13.8. The van der Waals surface area contributed by atoms with Gasteiger partial charge < -0.3 is 5.32 Å². The van der Waals surface area contributed by atoms with Gasteiger partial charge in [-0.25, -0.2) is 12.8 Å². The monoisotopic (exact) mass is 426 g/mol. The van der Waals surface area contributed by atoms with Crippen molar-refractivity contribution in [1.29, 1.82) is 0 Å². The third-order valence-corrected chi connectivity index (χ3v) is 8.58. The van der Waals surface area contributed by atoms with Gasteiger partial charge in [0.05, 0.1) is 10.6 Å². The van der Waals surface area contributed by atoms with E-state index in [2.05, 4.69) is 10.0 Å². The van der Waals surface area contributed by atoms with Gasteiger partial charge in [0.15, 0.2) is 0 Å². The van der Waals surface area contributed by atoms with Crippen LogP contribution in [0.15, 0.2) is 53.4 Å². The number of sulfonamides is 1. The Kier molecular flexibility index (Phi) is 6.46. The molecule has 1 heterocycles. The van der Waals surface area contributed by atoms with Crippen LogP contribution >= 0.6 is 23.5 Å². The average Bonchev–Trinajstić information content (AvgIpc) is 3.16. The van der Waals surface area contributed by atoms with Gasteiger partial charge in [0.1, 0.15) is 10.7 Å². The van der Waals surface area contributed by atoms with Crippen molar-refractivity contribution in [3.63, 3.8) is 0 Å². The van der Waals surface area contributed by atoms with Crippen LogP contribution in [0.5, 0.6) is 0 Å². The summed E-state index contributed by atoms with van der Waals surface area (Å²) in [6.45, 7) is 1.42. The molecule has 2 aromatic carbocycles. The van der Waals surface area contributed by atoms with E-state index >= 15 is 0 Å². The van der Waals surface area contributed by atoms with E-state index < -0.39 is 32.7 Å². The Bertz CT molecular complexity index is 931. The molecule has 0 saturated carbocycles. The van der Waals surface area contributed by atoms with Crippen LogP contribution in [0.25, 0.3) is 0 Å². The number of hydrogen-bond acceptors (Lipinski definition) is 5. The Hall–Kier alpha value is -1.55. The number of nitrogens with one attached hydrogen (secondary N) is 2. The highest BCUT2D eigenvalue weighted by Gasteiger charge is 2.25. The molecule has 1 fully saturated rings. The second-order valence-electron chi connectivity index (χ2n) is 5.96. The molecule has 1 aliphatic heterocycles. The zero-order valence-electron chi connectivity index (χ0n) is 14.5. The molecule has 144 valence electrons. The van der Waals surface area contributed by atoms with Crippen molar-refractivity contribution in [2.75, 3.05) is 16.8 Å². The zero-order chi connectivity index (χ0) is 19.4. The summed E-state index contributed by atoms with van der Waals surface area (Å²) in [4.78, 5) is 11.9. The van der Waals surface area contributed by atoms with Crippen molar-refractivity contribution in [3.05, 3.63) is 59.9 Å². The second kappa shape index (κ2) is 8.64. The van der Waals surface area contributed by atoms with Crippen LogP contribution in [0.2, 0.25) is 0 Å². The topological polar surface area (TPSA) is 75.3 Å². The first kappa shape index (κ1) is 20.2. The number of benzene rings is 2. The van der Waals surface area contributed by atoms with Gasteiger partial charge in [-0.15, -0.1) is 23.5 Å². The van der Waals surface area contributed by atoms with Crippen LogP contribution in [0.4, 0.5) is 10.1 Å². The number of amides is 1. The average molecular weight is 427 g/mol. The Balaban J connectivity index is 1.67. The van der Waals surface area contributed by atoms with E-state index in [0.29, 0.717) is 10.3 Å². The van der Waals surface area contributed by atoms with Crippen molar-refractivity contribution in [2.45, 2.75) is 22.4 Å². The summed E-state index contributed by atoms with van der Waals surface area (Å²) in [5.74, 6) is 0.817. The fourth-order valence-corrected chi connectivity index (χ4v) is 6.70. The maximum absolute atomic E-state index is 13.8. The second-order valence-corrected chi connectivity index (χ2v) is 10.4. The predicted molar refractivity (Wildman–Crippen MR) is 109 cm³/mol. The highest BCUT2D eigenvalue weighted by molar-refractivity contribution is 8.19. The lowest BCUT2D eigenvalue weighted by Gasteiger charge is -2.16. The van der Waals surface area contributed by atoms with Crippen LogP contribution in [-0.4, -0.2) is 31.9 Å². The summed E-state index contributed by atoms with van der Waals surface area (Å²) in [5, 5.41) is 2.72. The number of thioether (sulfide) groups is 2. The summed E-state index contributed by atoms with van der Waals surface area (Å²) < 4.78 is 40.9. The van der Waals surface area contributed by atoms with E-state index in [9.17, 15) is 17.6 Å². The molecule has 3 rings (SSSR count). The molecule has 2 aromatic rings. The summed E-state index contributed by atoms with van der Waals surface area (Å²) in [6, 6.07) is 11.5. The Morgan fingerprint density at radius 2 is 1.85 bits per heavy atom. The molecule has 0 radical (unpaired) electrons. The number of halogens is 1. The van der Waals surface area contributed by atoms with Crippen LogP contribution in [-0.2, 0) is 14.8 Å². The minimum Gasteiger partial charge on any atom is -0.325 e. The molecule has 0 bridgehead atoms. The van der Waals surface area contributed by atoms with Gasteiger partial charge in [0.2, 0.25) is 15.9 Å². The molecule has 1 atom stereocenters. The minimum absolute atomic E-state index is 0.346. The molecule has 1 saturated heterocycles. The minimum atomic E-state index is -4.14. The zero-order valence-corrected chi connectivity index (χ0v) is 17.0. The van der Waals surface area contributed by atoms with Crippen LogP contribution in [0.1, 0.15) is 17.1 Å². The molecule has 0 spiro atoms. The summed E-state index contributed by atoms with van der Waals surface area (Å²) in [6.07, 6.45) is 0. The van der Waals surface area contributed by atoms with Crippen molar-refractivity contribution in [2.24, 2.45) is 0 Å². The molecule has 27 heavy (non-hydrogen) atoms. The first-order chi connectivity index (χ1) is 12.9. The first-order valence-corrected chi connectivity index (χ1v) is 11.9. The lowest BCUT2D eigenvalue weighted by atomic mass is 10.2. The molecule has 9 heteroatoms. The third-order valence-electron chi connectivity index (χ3n) is 3.90. The quantitative estimate of drug-likeness (QED) is 0.738. The summed E-state index contributed by atoms with van der Waals surface area (Å²) in [5.41, 5.74) is 1.71. The molecule has 0 aliphatic carbocycles. The SMILES string of the molecule is C[C@@H](NS(=O)(=O)c1ccccc1F)C(=O)Nc1cccc(C2SCCS2)c1. The highest BCUT2D eigenvalue weighted by atomic mass is 32.2. The Morgan fingerprint density at radius 1 is 1.15 bits per heavy atom. The predicted octanol–water partition coefficient (Wildman–Crippen LogP) is 3.61. The van der Waals surface area contributed by atoms with E-state index in [1.165, 1.54) is 19.1 Å². The Morgan fingerprint density at radius 3 is 2.56 bits per heavy atom. The van der Waals surface area contributed by atoms with E-state index in [0.717, 1.165) is 29.2 Å². The number of anilines is 1. The fourth-order valence-electron chi connectivity index (χ4n) is 2.58. The molecule has 2 N–H and O–H groups in total. The lowest BCUT2D eigenvalue weighted by Crippen LogP contribution is -2.41. The summed E-state index contributed by atoms with van der Waals surface area (Å²) >= 11 is 3.72. The van der Waals surface area contributed by atoms with Gasteiger partial charge in [-0.05, 0) is 36.8 Å². The van der Waals surface area contributed by atoms with Gasteiger partial charge in [-0.2, -0.15) is 4.72 Å². The van der Waals surface area contributed by atoms with Crippen molar-refractivity contribution >= 4 is 45.1 Å². The molecule has 1 aliphatic rings. The van der Waals surface area contributed by atoms with Gasteiger partial charge in [-0.1, -0.05) is 24.3 Å². The van der Waals surface area contributed by atoms with Crippen molar-refractivity contribution in [3.8, 4) is 0 Å². The van der Waals surface area contributed by atoms with Crippen molar-refractivity contribution in [1.82, 2.24) is 4.72 Å². The Labute approximate surface area is 166 Å². The van der Waals surface area contributed by atoms with Gasteiger partial charge in [0.25, 0.3) is 0 Å². The summed E-state index contributed by atoms with van der Waals surface area (Å²) in [7, 11) is -4.14. The third kappa shape index (κ3) is 5.04. The molecular formula is C18H19FN2O3S3. The molecule has 0 unspecified atom stereocenters. The smallest absolute Gasteiger partial charge is 0.244 e. The standard InChI is InChI=1S/C18H19FN2O3S3/c1-12(21-27(23,24)16-8-3-2-7-15(16)19)17(22)20-14-6-4-5-13(11-14)18-25-9-10-26-18/h2-8,11-12,18,21H,9-10H2,1H3,(H,20,22)/t12-/m1/s1. The normalized spacial score (nSPS) is 16.2. The molecule has 0 aromatic heterocycles. The van der Waals surface area contributed by atoms with Gasteiger partial charge in [-0.3, -0.25) is 4.79 Å². The molecule has 5 nitrogen and oxygen atoms in total. The highest BCUT2D eigenvalue weighted by Crippen LogP contribution is 2.45.